The Bertz CT molecular complexity index is 1120. The van der Waals surface area contributed by atoms with Crippen molar-refractivity contribution < 1.29 is 0 Å². The SMILES string of the molecule is Cc1ccc(-n2ncc(NCc3ccc(N4CCN(C)CC4)nc3)c(Cl)c2=O)cc1Cl. The van der Waals surface area contributed by atoms with E-state index in [0.29, 0.717) is 22.9 Å². The van der Waals surface area contributed by atoms with Crippen LogP contribution in [0.25, 0.3) is 5.69 Å². The minimum atomic E-state index is -0.407. The van der Waals surface area contributed by atoms with E-state index >= 15 is 0 Å². The van der Waals surface area contributed by atoms with Gasteiger partial charge in [-0.1, -0.05) is 35.3 Å². The molecule has 1 aromatic carbocycles. The molecule has 3 heterocycles. The summed E-state index contributed by atoms with van der Waals surface area (Å²) in [6.45, 7) is 6.41. The standard InChI is InChI=1S/C22H24Cl2N6O/c1-15-3-5-17(11-18(15)23)30-22(31)21(24)19(14-27-30)25-12-16-4-6-20(26-13-16)29-9-7-28(2)8-10-29/h3-6,11,13-14,25H,7-10,12H2,1-2H3. The highest BCUT2D eigenvalue weighted by molar-refractivity contribution is 6.33. The van der Waals surface area contributed by atoms with Gasteiger partial charge in [0.15, 0.2) is 0 Å². The highest BCUT2D eigenvalue weighted by atomic mass is 35.5. The molecular formula is C22H24Cl2N6O. The van der Waals surface area contributed by atoms with Crippen molar-refractivity contribution >= 4 is 34.7 Å². The van der Waals surface area contributed by atoms with Crippen molar-refractivity contribution in [3.8, 4) is 5.69 Å². The molecule has 1 N–H and O–H groups in total. The molecule has 0 bridgehead atoms. The molecular weight excluding hydrogens is 435 g/mol. The van der Waals surface area contributed by atoms with Gasteiger partial charge in [0.05, 0.1) is 17.6 Å². The van der Waals surface area contributed by atoms with Crippen molar-refractivity contribution in [2.75, 3.05) is 43.4 Å². The molecule has 0 radical (unpaired) electrons. The average molecular weight is 459 g/mol. The van der Waals surface area contributed by atoms with Crippen molar-refractivity contribution in [2.24, 2.45) is 0 Å². The minimum absolute atomic E-state index is 0.0775. The summed E-state index contributed by atoms with van der Waals surface area (Å²) in [5.74, 6) is 0.982. The monoisotopic (exact) mass is 458 g/mol. The summed E-state index contributed by atoms with van der Waals surface area (Å²) >= 11 is 12.5. The summed E-state index contributed by atoms with van der Waals surface area (Å²) in [7, 11) is 2.13. The third-order valence-corrected chi connectivity index (χ3v) is 6.21. The van der Waals surface area contributed by atoms with Crippen molar-refractivity contribution in [2.45, 2.75) is 13.5 Å². The maximum Gasteiger partial charge on any atom is 0.292 e. The lowest BCUT2D eigenvalue weighted by atomic mass is 10.2. The van der Waals surface area contributed by atoms with Gasteiger partial charge in [-0.15, -0.1) is 0 Å². The van der Waals surface area contributed by atoms with Gasteiger partial charge in [-0.25, -0.2) is 4.98 Å². The number of halogens is 2. The molecule has 1 saturated heterocycles. The van der Waals surface area contributed by atoms with Crippen LogP contribution in [0, 0.1) is 6.92 Å². The van der Waals surface area contributed by atoms with Crippen LogP contribution in [0.15, 0.2) is 47.5 Å². The smallest absolute Gasteiger partial charge is 0.292 e. The van der Waals surface area contributed by atoms with Crippen molar-refractivity contribution in [3.05, 3.63) is 74.3 Å². The Labute approximate surface area is 191 Å². The Balaban J connectivity index is 1.44. The highest BCUT2D eigenvalue weighted by Gasteiger charge is 2.15. The number of benzene rings is 1. The van der Waals surface area contributed by atoms with Crippen LogP contribution in [0.3, 0.4) is 0 Å². The number of anilines is 2. The number of aromatic nitrogens is 3. The molecule has 7 nitrogen and oxygen atoms in total. The van der Waals surface area contributed by atoms with E-state index in [2.05, 4.69) is 32.2 Å². The van der Waals surface area contributed by atoms with Gasteiger partial charge in [-0.2, -0.15) is 9.78 Å². The number of likely N-dealkylation sites (N-methyl/N-ethyl adjacent to an activating group) is 1. The summed E-state index contributed by atoms with van der Waals surface area (Å²) < 4.78 is 1.24. The van der Waals surface area contributed by atoms with Gasteiger partial charge < -0.3 is 15.1 Å². The number of pyridine rings is 1. The molecule has 0 atom stereocenters. The van der Waals surface area contributed by atoms with Gasteiger partial charge in [0.2, 0.25) is 0 Å². The van der Waals surface area contributed by atoms with Crippen LogP contribution in [-0.4, -0.2) is 52.9 Å². The maximum absolute atomic E-state index is 12.7. The fourth-order valence-corrected chi connectivity index (χ4v) is 3.77. The molecule has 0 aliphatic carbocycles. The van der Waals surface area contributed by atoms with Crippen molar-refractivity contribution in [1.82, 2.24) is 19.7 Å². The van der Waals surface area contributed by atoms with E-state index < -0.39 is 5.56 Å². The zero-order chi connectivity index (χ0) is 22.0. The first-order valence-electron chi connectivity index (χ1n) is 10.1. The first-order chi connectivity index (χ1) is 14.9. The van der Waals surface area contributed by atoms with Gasteiger partial charge in [0.1, 0.15) is 10.8 Å². The molecule has 162 valence electrons. The van der Waals surface area contributed by atoms with E-state index in [1.165, 1.54) is 4.68 Å². The largest absolute Gasteiger partial charge is 0.378 e. The molecule has 9 heteroatoms. The van der Waals surface area contributed by atoms with Gasteiger partial charge >= 0.3 is 0 Å². The first kappa shape index (κ1) is 21.6. The number of rotatable bonds is 5. The quantitative estimate of drug-likeness (QED) is 0.629. The molecule has 1 aliphatic heterocycles. The Morgan fingerprint density at radius 1 is 1.06 bits per heavy atom. The van der Waals surface area contributed by atoms with E-state index in [0.717, 1.165) is 43.1 Å². The van der Waals surface area contributed by atoms with Crippen LogP contribution in [-0.2, 0) is 6.54 Å². The summed E-state index contributed by atoms with van der Waals surface area (Å²) in [5, 5.41) is 8.07. The zero-order valence-electron chi connectivity index (χ0n) is 17.5. The van der Waals surface area contributed by atoms with Gasteiger partial charge in [0.25, 0.3) is 5.56 Å². The Hall–Kier alpha value is -2.61. The second-order valence-corrected chi connectivity index (χ2v) is 8.48. The van der Waals surface area contributed by atoms with Crippen LogP contribution in [0.2, 0.25) is 10.0 Å². The van der Waals surface area contributed by atoms with Gasteiger partial charge in [0, 0.05) is 43.9 Å². The third kappa shape index (κ3) is 4.84. The molecule has 2 aromatic heterocycles. The Kier molecular flexibility index (Phi) is 6.46. The molecule has 1 aliphatic rings. The number of hydrogen-bond donors (Lipinski definition) is 1. The molecule has 0 unspecified atom stereocenters. The third-order valence-electron chi connectivity index (χ3n) is 5.44. The van der Waals surface area contributed by atoms with E-state index in [9.17, 15) is 4.79 Å². The van der Waals surface area contributed by atoms with Crippen LogP contribution >= 0.6 is 23.2 Å². The Morgan fingerprint density at radius 3 is 2.52 bits per heavy atom. The number of hydrogen-bond acceptors (Lipinski definition) is 6. The summed E-state index contributed by atoms with van der Waals surface area (Å²) in [4.78, 5) is 21.9. The van der Waals surface area contributed by atoms with Gasteiger partial charge in [-0.05, 0) is 43.3 Å². The lowest BCUT2D eigenvalue weighted by Gasteiger charge is -2.33. The topological polar surface area (TPSA) is 66.3 Å². The number of aryl methyl sites for hydroxylation is 1. The van der Waals surface area contributed by atoms with Crippen molar-refractivity contribution in [3.63, 3.8) is 0 Å². The fraction of sp³-hybridized carbons (Fsp3) is 0.318. The van der Waals surface area contributed by atoms with Gasteiger partial charge in [-0.3, -0.25) is 4.79 Å². The second-order valence-electron chi connectivity index (χ2n) is 7.69. The summed E-state index contributed by atoms with van der Waals surface area (Å²) in [6.07, 6.45) is 3.39. The molecule has 4 rings (SSSR count). The van der Waals surface area contributed by atoms with Crippen LogP contribution in [0.5, 0.6) is 0 Å². The van der Waals surface area contributed by atoms with E-state index in [4.69, 9.17) is 23.2 Å². The average Bonchev–Trinajstić information content (AvgIpc) is 2.78. The number of nitrogens with one attached hydrogen (secondary N) is 1. The van der Waals surface area contributed by atoms with Crippen LogP contribution in [0.4, 0.5) is 11.5 Å². The fourth-order valence-electron chi connectivity index (χ4n) is 3.39. The Morgan fingerprint density at radius 2 is 1.84 bits per heavy atom. The molecule has 0 saturated carbocycles. The maximum atomic E-state index is 12.7. The molecule has 0 amide bonds. The molecule has 0 spiro atoms. The molecule has 31 heavy (non-hydrogen) atoms. The number of piperazine rings is 1. The minimum Gasteiger partial charge on any atom is -0.378 e. The molecule has 1 fully saturated rings. The predicted molar refractivity (Wildman–Crippen MR) is 126 cm³/mol. The highest BCUT2D eigenvalue weighted by Crippen LogP contribution is 2.21. The normalized spacial score (nSPS) is 14.6. The van der Waals surface area contributed by atoms with E-state index in [-0.39, 0.29) is 5.02 Å². The van der Waals surface area contributed by atoms with E-state index in [1.54, 1.807) is 18.3 Å². The summed E-state index contributed by atoms with van der Waals surface area (Å²) in [6, 6.07) is 9.38. The lowest BCUT2D eigenvalue weighted by molar-refractivity contribution is 0.312. The first-order valence-corrected chi connectivity index (χ1v) is 10.8. The lowest BCUT2D eigenvalue weighted by Crippen LogP contribution is -2.44. The predicted octanol–water partition coefficient (Wildman–Crippen LogP) is 3.61. The zero-order valence-corrected chi connectivity index (χ0v) is 19.0. The number of nitrogens with zero attached hydrogens (tertiary/aromatic N) is 5. The molecule has 3 aromatic rings. The van der Waals surface area contributed by atoms with Crippen LogP contribution < -0.4 is 15.8 Å². The van der Waals surface area contributed by atoms with Crippen molar-refractivity contribution in [1.29, 1.82) is 0 Å². The second kappa shape index (κ2) is 9.26. The van der Waals surface area contributed by atoms with E-state index in [1.807, 2.05) is 31.3 Å². The summed E-state index contributed by atoms with van der Waals surface area (Å²) in [5.41, 5.74) is 2.55. The van der Waals surface area contributed by atoms with Crippen LogP contribution in [0.1, 0.15) is 11.1 Å².